The van der Waals surface area contributed by atoms with E-state index in [-0.39, 0.29) is 17.9 Å². The van der Waals surface area contributed by atoms with Gasteiger partial charge in [-0.15, -0.1) is 0 Å². The number of hydroxylamine groups is 2. The van der Waals surface area contributed by atoms with Gasteiger partial charge in [0.1, 0.15) is 5.75 Å². The van der Waals surface area contributed by atoms with Gasteiger partial charge in [0.25, 0.3) is 0 Å². The molecule has 1 fully saturated rings. The monoisotopic (exact) mass is 233 g/mol. The molecule has 0 spiro atoms. The normalized spacial score (nSPS) is 26.1. The zero-order valence-electron chi connectivity index (χ0n) is 9.76. The summed E-state index contributed by atoms with van der Waals surface area (Å²) in [6.45, 7) is 3.03. The van der Waals surface area contributed by atoms with Gasteiger partial charge in [0, 0.05) is 17.9 Å². The van der Waals surface area contributed by atoms with Crippen LogP contribution in [-0.4, -0.2) is 24.2 Å². The highest BCUT2D eigenvalue weighted by atomic mass is 16.7. The fraction of sp³-hybridized carbons (Fsp3) is 0.462. The lowest BCUT2D eigenvalue weighted by Crippen LogP contribution is -2.34. The molecule has 1 aromatic rings. The number of rotatable bonds is 1. The molecule has 4 heteroatoms. The van der Waals surface area contributed by atoms with E-state index in [1.54, 1.807) is 0 Å². The summed E-state index contributed by atoms with van der Waals surface area (Å²) < 4.78 is 5.68. The lowest BCUT2D eigenvalue weighted by Gasteiger charge is -2.31. The summed E-state index contributed by atoms with van der Waals surface area (Å²) >= 11 is 0. The Morgan fingerprint density at radius 2 is 2.24 bits per heavy atom. The molecule has 1 saturated heterocycles. The van der Waals surface area contributed by atoms with Crippen LogP contribution in [0.5, 0.6) is 5.75 Å². The molecule has 17 heavy (non-hydrogen) atoms. The average molecular weight is 233 g/mol. The van der Waals surface area contributed by atoms with Crippen molar-refractivity contribution < 1.29 is 14.4 Å². The predicted molar refractivity (Wildman–Crippen MR) is 61.3 cm³/mol. The van der Waals surface area contributed by atoms with Crippen molar-refractivity contribution in [3.63, 3.8) is 0 Å². The first-order chi connectivity index (χ1) is 8.31. The van der Waals surface area contributed by atoms with Gasteiger partial charge < -0.3 is 4.74 Å². The van der Waals surface area contributed by atoms with Crippen molar-refractivity contribution in [1.29, 1.82) is 0 Å². The van der Waals surface area contributed by atoms with E-state index in [1.807, 2.05) is 31.2 Å². The molecular formula is C13H15NO3. The highest BCUT2D eigenvalue weighted by Gasteiger charge is 2.43. The highest BCUT2D eigenvalue weighted by Crippen LogP contribution is 2.43. The summed E-state index contributed by atoms with van der Waals surface area (Å²) in [5.74, 6) is 1.16. The van der Waals surface area contributed by atoms with Crippen LogP contribution in [0.25, 0.3) is 0 Å². The van der Waals surface area contributed by atoms with Gasteiger partial charge in [0.2, 0.25) is 5.91 Å². The summed E-state index contributed by atoms with van der Waals surface area (Å²) in [5.41, 5.74) is 1.06. The van der Waals surface area contributed by atoms with Crippen LogP contribution in [0.1, 0.15) is 24.9 Å². The van der Waals surface area contributed by atoms with Crippen LogP contribution in [0.3, 0.4) is 0 Å². The van der Waals surface area contributed by atoms with Crippen molar-refractivity contribution in [3.05, 3.63) is 29.8 Å². The summed E-state index contributed by atoms with van der Waals surface area (Å²) in [6.07, 6.45) is 0.465. The Kier molecular flexibility index (Phi) is 2.52. The van der Waals surface area contributed by atoms with Gasteiger partial charge in [0.05, 0.1) is 19.3 Å². The highest BCUT2D eigenvalue weighted by molar-refractivity contribution is 5.75. The van der Waals surface area contributed by atoms with Gasteiger partial charge in [-0.05, 0) is 6.07 Å². The third-order valence-electron chi connectivity index (χ3n) is 3.37. The van der Waals surface area contributed by atoms with Crippen LogP contribution < -0.4 is 4.74 Å². The van der Waals surface area contributed by atoms with Crippen LogP contribution in [0.4, 0.5) is 0 Å². The fourth-order valence-electron chi connectivity index (χ4n) is 2.49. The summed E-state index contributed by atoms with van der Waals surface area (Å²) in [5, 5.41) is 1.53. The minimum absolute atomic E-state index is 0.0207. The molecule has 0 aliphatic carbocycles. The average Bonchev–Trinajstić information content (AvgIpc) is 2.82. The second-order valence-electron chi connectivity index (χ2n) is 4.42. The molecule has 2 aliphatic rings. The van der Waals surface area contributed by atoms with Crippen LogP contribution in [0.15, 0.2) is 24.3 Å². The second-order valence-corrected chi connectivity index (χ2v) is 4.42. The number of carbonyl (C=O) groups is 1. The lowest BCUT2D eigenvalue weighted by atomic mass is 9.92. The quantitative estimate of drug-likeness (QED) is 0.744. The van der Waals surface area contributed by atoms with Crippen molar-refractivity contribution in [1.82, 2.24) is 5.06 Å². The first kappa shape index (κ1) is 10.6. The number of nitrogens with zero attached hydrogens (tertiary/aromatic N) is 1. The number of benzene rings is 1. The van der Waals surface area contributed by atoms with Crippen molar-refractivity contribution in [2.75, 3.05) is 13.2 Å². The Morgan fingerprint density at radius 1 is 1.41 bits per heavy atom. The number of ether oxygens (including phenoxy) is 1. The Balaban J connectivity index is 1.99. The number of fused-ring (bicyclic) bond motifs is 3. The zero-order chi connectivity index (χ0) is 11.8. The Morgan fingerprint density at radius 3 is 3.06 bits per heavy atom. The SMILES string of the molecule is CCC(=O)N1OCC2COc3ccccc3C21. The Labute approximate surface area is 100 Å². The van der Waals surface area contributed by atoms with E-state index in [2.05, 4.69) is 0 Å². The Bertz CT molecular complexity index is 446. The predicted octanol–water partition coefficient (Wildman–Crippen LogP) is 1.92. The van der Waals surface area contributed by atoms with Gasteiger partial charge in [0.15, 0.2) is 0 Å². The number of para-hydroxylation sites is 1. The van der Waals surface area contributed by atoms with E-state index in [0.29, 0.717) is 19.6 Å². The van der Waals surface area contributed by atoms with E-state index in [0.717, 1.165) is 11.3 Å². The summed E-state index contributed by atoms with van der Waals surface area (Å²) in [7, 11) is 0. The maximum absolute atomic E-state index is 11.8. The van der Waals surface area contributed by atoms with Gasteiger partial charge in [-0.25, -0.2) is 5.06 Å². The van der Waals surface area contributed by atoms with Gasteiger partial charge in [-0.3, -0.25) is 9.63 Å². The molecule has 90 valence electrons. The standard InChI is InChI=1S/C13H15NO3/c1-2-12(15)14-13-9(8-17-14)7-16-11-6-4-3-5-10(11)13/h3-6,9,13H,2,7-8H2,1H3. The molecule has 3 rings (SSSR count). The van der Waals surface area contributed by atoms with Crippen LogP contribution >= 0.6 is 0 Å². The van der Waals surface area contributed by atoms with Gasteiger partial charge >= 0.3 is 0 Å². The van der Waals surface area contributed by atoms with Crippen molar-refractivity contribution in [2.45, 2.75) is 19.4 Å². The molecule has 0 aromatic heterocycles. The summed E-state index contributed by atoms with van der Waals surface area (Å²) in [4.78, 5) is 17.4. The molecular weight excluding hydrogens is 218 g/mol. The van der Waals surface area contributed by atoms with E-state index >= 15 is 0 Å². The molecule has 0 N–H and O–H groups in total. The molecule has 0 saturated carbocycles. The van der Waals surface area contributed by atoms with Crippen molar-refractivity contribution in [2.24, 2.45) is 5.92 Å². The molecule has 2 atom stereocenters. The molecule has 0 radical (unpaired) electrons. The molecule has 1 aromatic carbocycles. The molecule has 2 aliphatic heterocycles. The molecule has 0 bridgehead atoms. The number of carbonyl (C=O) groups excluding carboxylic acids is 1. The summed E-state index contributed by atoms with van der Waals surface area (Å²) in [6, 6.07) is 7.89. The van der Waals surface area contributed by atoms with Gasteiger partial charge in [-0.2, -0.15) is 0 Å². The fourth-order valence-corrected chi connectivity index (χ4v) is 2.49. The van der Waals surface area contributed by atoms with Crippen LogP contribution in [0.2, 0.25) is 0 Å². The third kappa shape index (κ3) is 1.60. The zero-order valence-corrected chi connectivity index (χ0v) is 9.76. The number of amides is 1. The van der Waals surface area contributed by atoms with E-state index in [9.17, 15) is 4.79 Å². The van der Waals surface area contributed by atoms with Crippen LogP contribution in [-0.2, 0) is 9.63 Å². The van der Waals surface area contributed by atoms with Gasteiger partial charge in [-0.1, -0.05) is 25.1 Å². The van der Waals surface area contributed by atoms with Crippen molar-refractivity contribution in [3.8, 4) is 5.75 Å². The van der Waals surface area contributed by atoms with E-state index in [4.69, 9.17) is 9.57 Å². The van der Waals surface area contributed by atoms with E-state index < -0.39 is 0 Å². The number of hydrogen-bond acceptors (Lipinski definition) is 3. The molecule has 2 unspecified atom stereocenters. The molecule has 4 nitrogen and oxygen atoms in total. The minimum atomic E-state index is 0.0207. The first-order valence-electron chi connectivity index (χ1n) is 5.98. The molecule has 1 amide bonds. The molecule has 2 heterocycles. The third-order valence-corrected chi connectivity index (χ3v) is 3.37. The lowest BCUT2D eigenvalue weighted by molar-refractivity contribution is -0.176. The second kappa shape index (κ2) is 4.04. The first-order valence-corrected chi connectivity index (χ1v) is 5.98. The maximum Gasteiger partial charge on any atom is 0.246 e. The Hall–Kier alpha value is -1.55. The smallest absolute Gasteiger partial charge is 0.246 e. The van der Waals surface area contributed by atoms with Crippen molar-refractivity contribution >= 4 is 5.91 Å². The maximum atomic E-state index is 11.8. The topological polar surface area (TPSA) is 38.8 Å². The number of hydrogen-bond donors (Lipinski definition) is 0. The largest absolute Gasteiger partial charge is 0.493 e. The van der Waals surface area contributed by atoms with Crippen LogP contribution in [0, 0.1) is 5.92 Å². The minimum Gasteiger partial charge on any atom is -0.493 e. The van der Waals surface area contributed by atoms with E-state index in [1.165, 1.54) is 5.06 Å².